The smallest absolute Gasteiger partial charge is 0.338 e. The highest BCUT2D eigenvalue weighted by atomic mass is 16.5. The van der Waals surface area contributed by atoms with E-state index in [0.29, 0.717) is 97.0 Å². The number of amides is 3. The van der Waals surface area contributed by atoms with Crippen LogP contribution in [0.4, 0.5) is 11.4 Å². The van der Waals surface area contributed by atoms with Crippen LogP contribution in [0.25, 0.3) is 0 Å². The van der Waals surface area contributed by atoms with Crippen LogP contribution in [0.2, 0.25) is 0 Å². The number of piperidine rings is 1. The summed E-state index contributed by atoms with van der Waals surface area (Å²) in [6.07, 6.45) is 24.7. The zero-order valence-corrected chi connectivity index (χ0v) is 58.3. The number of anilines is 2. The average molecular weight is 1260 g/mol. The van der Waals surface area contributed by atoms with Gasteiger partial charge in [0.25, 0.3) is 11.7 Å². The number of carbonyl (C=O) groups is 9. The fourth-order valence-electron chi connectivity index (χ4n) is 10.5. The van der Waals surface area contributed by atoms with Gasteiger partial charge in [0, 0.05) is 62.4 Å². The molecule has 1 aliphatic carbocycles. The van der Waals surface area contributed by atoms with Crippen molar-refractivity contribution in [2.45, 2.75) is 271 Å². The van der Waals surface area contributed by atoms with Crippen LogP contribution in [0.3, 0.4) is 0 Å². The summed E-state index contributed by atoms with van der Waals surface area (Å²) in [6.45, 7) is 33.0. The van der Waals surface area contributed by atoms with E-state index in [4.69, 9.17) is 14.2 Å². The molecule has 1 aromatic carbocycles. The molecule has 18 nitrogen and oxygen atoms in total. The number of allylic oxidation sites excluding steroid dienone is 7. The lowest BCUT2D eigenvalue weighted by Crippen LogP contribution is -2.57. The lowest BCUT2D eigenvalue weighted by molar-refractivity contribution is -0.205. The maximum atomic E-state index is 13.1. The third kappa shape index (κ3) is 31.3. The topological polar surface area (TPSA) is 269 Å². The number of ketones is 3. The molecule has 1 saturated heterocycles. The number of Topliss-reactive ketones (excluding diaryl/α,β-unsaturated/α-hetero) is 3. The SMILES string of the molecule is CC.CC.CC(=O)Nc1c(C)c(NC(C)=O)c(C)c(C(=O)OCCCCCC(=O)OC2CCCCC2)c1C.CC(=O)[C@H](C)/C=C(\C)C(O)CC(=O)C(C)C[C@H](C)/C=C/C=C/C=C(\C)CCCCCC(C)C(O)(O)C(=O)C(=O)N1CCCCC1C(=O)OCC(C)C. The number of ether oxygens (including phenoxy) is 3. The van der Waals surface area contributed by atoms with E-state index < -0.39 is 47.5 Å². The second-order valence-corrected chi connectivity index (χ2v) is 24.5. The largest absolute Gasteiger partial charge is 0.464 e. The van der Waals surface area contributed by atoms with Gasteiger partial charge in [-0.3, -0.25) is 33.6 Å². The predicted octanol–water partition coefficient (Wildman–Crippen LogP) is 13.8. The first kappa shape index (κ1) is 83.9. The second kappa shape index (κ2) is 45.2. The molecule has 0 bridgehead atoms. The molecule has 1 heterocycles. The summed E-state index contributed by atoms with van der Waals surface area (Å²) in [7, 11) is 0. The molecular weight excluding hydrogens is 1150 g/mol. The minimum absolute atomic E-state index is 0.00127. The molecule has 3 rings (SSSR count). The number of nitrogens with one attached hydrogen (secondary N) is 2. The minimum Gasteiger partial charge on any atom is -0.464 e. The number of esters is 3. The molecule has 1 aromatic rings. The molecule has 1 aliphatic heterocycles. The summed E-state index contributed by atoms with van der Waals surface area (Å²) in [5.74, 6) is -8.00. The molecule has 1 saturated carbocycles. The summed E-state index contributed by atoms with van der Waals surface area (Å²) >= 11 is 0. The van der Waals surface area contributed by atoms with Crippen LogP contribution in [0.15, 0.2) is 47.6 Å². The van der Waals surface area contributed by atoms with Crippen molar-refractivity contribution in [3.05, 3.63) is 69.9 Å². The van der Waals surface area contributed by atoms with E-state index in [1.165, 1.54) is 32.8 Å². The van der Waals surface area contributed by atoms with E-state index in [1.54, 1.807) is 47.6 Å². The minimum atomic E-state index is -2.82. The van der Waals surface area contributed by atoms with E-state index in [-0.39, 0.29) is 85.3 Å². The van der Waals surface area contributed by atoms with Crippen molar-refractivity contribution < 1.29 is 72.7 Å². The molecule has 18 heteroatoms. The predicted molar refractivity (Wildman–Crippen MR) is 357 cm³/mol. The summed E-state index contributed by atoms with van der Waals surface area (Å²) < 4.78 is 16.3. The Morgan fingerprint density at radius 3 is 1.81 bits per heavy atom. The molecule has 3 amide bonds. The van der Waals surface area contributed by atoms with Crippen LogP contribution in [-0.2, 0) is 52.6 Å². The van der Waals surface area contributed by atoms with Crippen molar-refractivity contribution in [3.63, 3.8) is 0 Å². The van der Waals surface area contributed by atoms with Crippen molar-refractivity contribution in [2.75, 3.05) is 30.4 Å². The van der Waals surface area contributed by atoms with Crippen molar-refractivity contribution in [2.24, 2.45) is 29.6 Å². The monoisotopic (exact) mass is 1260 g/mol. The average Bonchev–Trinajstić information content (AvgIpc) is 0.898. The number of hydrogen-bond acceptors (Lipinski definition) is 15. The van der Waals surface area contributed by atoms with Gasteiger partial charge in [0.05, 0.1) is 24.9 Å². The Bertz CT molecular complexity index is 2530. The van der Waals surface area contributed by atoms with E-state index in [1.807, 2.05) is 85.8 Å². The quantitative estimate of drug-likeness (QED) is 0.00833. The van der Waals surface area contributed by atoms with Crippen molar-refractivity contribution >= 4 is 64.4 Å². The Kier molecular flexibility index (Phi) is 42.1. The van der Waals surface area contributed by atoms with Gasteiger partial charge in [-0.15, -0.1) is 0 Å². The number of aliphatic hydroxyl groups is 3. The maximum absolute atomic E-state index is 13.1. The Hall–Kier alpha value is -6.11. The maximum Gasteiger partial charge on any atom is 0.338 e. The first-order valence-corrected chi connectivity index (χ1v) is 33.3. The van der Waals surface area contributed by atoms with Gasteiger partial charge in [0.15, 0.2) is 0 Å². The van der Waals surface area contributed by atoms with Gasteiger partial charge in [-0.25, -0.2) is 9.59 Å². The molecule has 90 heavy (non-hydrogen) atoms. The van der Waals surface area contributed by atoms with Crippen LogP contribution in [0.1, 0.15) is 253 Å². The zero-order valence-electron chi connectivity index (χ0n) is 58.3. The first-order chi connectivity index (χ1) is 42.4. The highest BCUT2D eigenvalue weighted by molar-refractivity contribution is 6.39. The number of aliphatic hydroxyl groups excluding tert-OH is 1. The van der Waals surface area contributed by atoms with Crippen molar-refractivity contribution in [1.82, 2.24) is 4.90 Å². The van der Waals surface area contributed by atoms with E-state index in [0.717, 1.165) is 56.3 Å². The lowest BCUT2D eigenvalue weighted by atomic mass is 9.89. The molecule has 510 valence electrons. The summed E-state index contributed by atoms with van der Waals surface area (Å²) in [4.78, 5) is 112. The molecule has 6 atom stereocenters. The van der Waals surface area contributed by atoms with Crippen LogP contribution < -0.4 is 10.6 Å². The molecular formula is C72H117N3O15. The Morgan fingerprint density at radius 2 is 1.24 bits per heavy atom. The molecule has 2 aliphatic rings. The van der Waals surface area contributed by atoms with Gasteiger partial charge in [-0.05, 0) is 166 Å². The highest BCUT2D eigenvalue weighted by Crippen LogP contribution is 2.36. The third-order valence-electron chi connectivity index (χ3n) is 16.1. The number of rotatable bonds is 33. The Morgan fingerprint density at radius 1 is 0.678 bits per heavy atom. The number of likely N-dealkylation sites (tertiary alicyclic amines) is 1. The van der Waals surface area contributed by atoms with Gasteiger partial charge in [-0.2, -0.15) is 0 Å². The normalized spacial score (nSPS) is 16.4. The van der Waals surface area contributed by atoms with Crippen molar-refractivity contribution in [1.29, 1.82) is 0 Å². The summed E-state index contributed by atoms with van der Waals surface area (Å²) in [6, 6.07) is -0.901. The highest BCUT2D eigenvalue weighted by Gasteiger charge is 2.47. The standard InChI is InChI=1S/C42H67NO9.C26H38N2O6.2C2H6/c1-28(2)27-52-41(49)36-22-16-17-23-43(36)40(48)39(47)42(50,51)34(8)21-15-11-13-19-29(3)18-12-10-14-20-30(4)24-32(6)37(45)26-38(46)33(7)25-31(5)35(9)44;1-16-23(17(2)25(28-20(5)30)18(3)24(16)27-19(4)29)26(32)33-15-11-7-10-14-22(31)34-21-12-8-6-9-13-21;2*1-2/h10,12,14,18,20,25,28,30-32,34,36,38,46,50-51H,11,13,15-17,19,21-24,26-27H2,1-9H3;21H,6-15H2,1-5H3,(H,27,29)(H,28,30);2*1-2H3/b12-10+,20-14+,29-18+,33-25+;;;/t30-,31-,32?,34?,36?,38?;;;/m1.../s1. The molecule has 0 radical (unpaired) electrons. The van der Waals surface area contributed by atoms with Gasteiger partial charge in [0.1, 0.15) is 23.7 Å². The van der Waals surface area contributed by atoms with Crippen LogP contribution in [0.5, 0.6) is 0 Å². The second-order valence-electron chi connectivity index (χ2n) is 24.5. The third-order valence-corrected chi connectivity index (χ3v) is 16.1. The fourth-order valence-corrected chi connectivity index (χ4v) is 10.5. The number of carbonyl (C=O) groups excluding carboxylic acids is 9. The van der Waals surface area contributed by atoms with Gasteiger partial charge in [-0.1, -0.05) is 131 Å². The van der Waals surface area contributed by atoms with Crippen LogP contribution in [-0.4, -0.2) is 117 Å². The summed E-state index contributed by atoms with van der Waals surface area (Å²) in [5, 5.41) is 37.4. The van der Waals surface area contributed by atoms with Gasteiger partial charge in [0.2, 0.25) is 17.6 Å². The van der Waals surface area contributed by atoms with E-state index in [9.17, 15) is 58.5 Å². The molecule has 5 N–H and O–H groups in total. The lowest BCUT2D eigenvalue weighted by Gasteiger charge is -2.36. The van der Waals surface area contributed by atoms with Gasteiger partial charge >= 0.3 is 17.9 Å². The Labute approximate surface area is 540 Å². The first-order valence-electron chi connectivity index (χ1n) is 33.3. The fraction of sp³-hybridized carbons (Fsp3) is 0.681. The number of benzene rings is 1. The van der Waals surface area contributed by atoms with Crippen LogP contribution in [0, 0.1) is 50.4 Å². The van der Waals surface area contributed by atoms with E-state index in [2.05, 4.69) is 17.6 Å². The number of unbranched alkanes of at least 4 members (excludes halogenated alkanes) is 4. The zero-order chi connectivity index (χ0) is 68.8. The number of hydrogen-bond donors (Lipinski definition) is 5. The molecule has 4 unspecified atom stereocenters. The van der Waals surface area contributed by atoms with Gasteiger partial charge < -0.3 is 45.1 Å². The van der Waals surface area contributed by atoms with Crippen LogP contribution >= 0.6 is 0 Å². The Balaban J connectivity index is 0.00000179. The summed E-state index contributed by atoms with van der Waals surface area (Å²) in [5.41, 5.74) is 5.00. The van der Waals surface area contributed by atoms with E-state index >= 15 is 0 Å². The molecule has 0 aromatic heterocycles. The number of nitrogens with zero attached hydrogens (tertiary/aromatic N) is 1. The van der Waals surface area contributed by atoms with Crippen molar-refractivity contribution in [3.8, 4) is 0 Å². The molecule has 0 spiro atoms. The molecule has 2 fully saturated rings.